The Morgan fingerprint density at radius 1 is 1.27 bits per heavy atom. The van der Waals surface area contributed by atoms with E-state index in [0.717, 1.165) is 26.5 Å². The second kappa shape index (κ2) is 6.70. The van der Waals surface area contributed by atoms with Gasteiger partial charge in [-0.15, -0.1) is 11.3 Å². The normalized spacial score (nSPS) is 10.8. The summed E-state index contributed by atoms with van der Waals surface area (Å²) in [5.41, 5.74) is 0. The SMILES string of the molecule is CNc1ccnc(-c2cc3ccc(OCCCF)cc3s2)n1. The molecular formula is C16H16FN3OS. The first-order chi connectivity index (χ1) is 10.8. The molecule has 6 heteroatoms. The highest BCUT2D eigenvalue weighted by Crippen LogP contribution is 2.34. The second-order valence-electron chi connectivity index (χ2n) is 4.72. The van der Waals surface area contributed by atoms with Gasteiger partial charge < -0.3 is 10.1 Å². The average molecular weight is 317 g/mol. The van der Waals surface area contributed by atoms with Crippen LogP contribution in [0.1, 0.15) is 6.42 Å². The number of rotatable bonds is 6. The monoisotopic (exact) mass is 317 g/mol. The van der Waals surface area contributed by atoms with Gasteiger partial charge in [0.25, 0.3) is 0 Å². The van der Waals surface area contributed by atoms with Crippen LogP contribution in [0.3, 0.4) is 0 Å². The number of aromatic nitrogens is 2. The number of thiophene rings is 1. The van der Waals surface area contributed by atoms with E-state index in [1.807, 2.05) is 31.3 Å². The predicted molar refractivity (Wildman–Crippen MR) is 88.5 cm³/mol. The number of nitrogens with one attached hydrogen (secondary N) is 1. The molecule has 0 spiro atoms. The van der Waals surface area contributed by atoms with E-state index >= 15 is 0 Å². The largest absolute Gasteiger partial charge is 0.493 e. The molecule has 0 radical (unpaired) electrons. The number of hydrogen-bond donors (Lipinski definition) is 1. The molecule has 0 aliphatic heterocycles. The molecule has 3 rings (SSSR count). The summed E-state index contributed by atoms with van der Waals surface area (Å²) in [7, 11) is 1.83. The van der Waals surface area contributed by atoms with Crippen LogP contribution < -0.4 is 10.1 Å². The summed E-state index contributed by atoms with van der Waals surface area (Å²) in [6.45, 7) is 0.0398. The molecule has 0 fully saturated rings. The summed E-state index contributed by atoms with van der Waals surface area (Å²) in [6.07, 6.45) is 2.16. The zero-order valence-electron chi connectivity index (χ0n) is 12.2. The van der Waals surface area contributed by atoms with E-state index in [1.165, 1.54) is 0 Å². The number of alkyl halides is 1. The number of fused-ring (bicyclic) bond motifs is 1. The molecule has 1 aromatic carbocycles. The highest BCUT2D eigenvalue weighted by atomic mass is 32.1. The molecule has 4 nitrogen and oxygen atoms in total. The molecule has 22 heavy (non-hydrogen) atoms. The quantitative estimate of drug-likeness (QED) is 0.694. The molecule has 0 saturated heterocycles. The summed E-state index contributed by atoms with van der Waals surface area (Å²) in [5, 5.41) is 4.13. The standard InChI is InChI=1S/C16H16FN3OS/c1-18-15-5-7-19-16(20-15)14-9-11-3-4-12(10-13(11)22-14)21-8-2-6-17/h3-5,7,9-10H,2,6,8H2,1H3,(H,18,19,20). The third-order valence-corrected chi connectivity index (χ3v) is 4.26. The fraction of sp³-hybridized carbons (Fsp3) is 0.250. The third kappa shape index (κ3) is 3.17. The summed E-state index contributed by atoms with van der Waals surface area (Å²) >= 11 is 1.62. The van der Waals surface area contributed by atoms with E-state index in [1.54, 1.807) is 17.5 Å². The van der Waals surface area contributed by atoms with Gasteiger partial charge in [0.15, 0.2) is 5.82 Å². The number of ether oxygens (including phenoxy) is 1. The number of hydrogen-bond acceptors (Lipinski definition) is 5. The minimum absolute atomic E-state index is 0.357. The van der Waals surface area contributed by atoms with Crippen LogP contribution in [0.2, 0.25) is 0 Å². The lowest BCUT2D eigenvalue weighted by molar-refractivity contribution is 0.290. The molecule has 2 aromatic heterocycles. The van der Waals surface area contributed by atoms with Gasteiger partial charge in [0, 0.05) is 24.4 Å². The molecule has 0 atom stereocenters. The average Bonchev–Trinajstić information content (AvgIpc) is 2.98. The van der Waals surface area contributed by atoms with E-state index < -0.39 is 0 Å². The van der Waals surface area contributed by atoms with Gasteiger partial charge in [-0.3, -0.25) is 4.39 Å². The summed E-state index contributed by atoms with van der Waals surface area (Å²) in [5.74, 6) is 2.25. The molecule has 2 heterocycles. The van der Waals surface area contributed by atoms with Crippen LogP contribution in [-0.4, -0.2) is 30.3 Å². The molecule has 0 saturated carbocycles. The fourth-order valence-electron chi connectivity index (χ4n) is 2.07. The summed E-state index contributed by atoms with van der Waals surface area (Å²) in [6, 6.07) is 9.78. The third-order valence-electron chi connectivity index (χ3n) is 3.17. The molecule has 0 aliphatic rings. The van der Waals surface area contributed by atoms with Crippen molar-refractivity contribution in [1.82, 2.24) is 9.97 Å². The van der Waals surface area contributed by atoms with Gasteiger partial charge in [0.2, 0.25) is 0 Å². The number of halogens is 1. The molecule has 114 valence electrons. The topological polar surface area (TPSA) is 47.0 Å². The van der Waals surface area contributed by atoms with E-state index in [0.29, 0.717) is 18.9 Å². The van der Waals surface area contributed by atoms with E-state index in [9.17, 15) is 4.39 Å². The van der Waals surface area contributed by atoms with Crippen LogP contribution in [0.15, 0.2) is 36.5 Å². The van der Waals surface area contributed by atoms with Gasteiger partial charge in [-0.25, -0.2) is 9.97 Å². The van der Waals surface area contributed by atoms with E-state index in [2.05, 4.69) is 21.4 Å². The minimum atomic E-state index is -0.357. The highest BCUT2D eigenvalue weighted by Gasteiger charge is 2.08. The number of benzene rings is 1. The van der Waals surface area contributed by atoms with Crippen molar-refractivity contribution in [2.45, 2.75) is 6.42 Å². The fourth-order valence-corrected chi connectivity index (χ4v) is 3.11. The van der Waals surface area contributed by atoms with Crippen molar-refractivity contribution in [3.8, 4) is 16.5 Å². The molecule has 0 aliphatic carbocycles. The van der Waals surface area contributed by atoms with Gasteiger partial charge in [0.1, 0.15) is 11.6 Å². The van der Waals surface area contributed by atoms with Crippen molar-refractivity contribution in [3.05, 3.63) is 36.5 Å². The van der Waals surface area contributed by atoms with Gasteiger partial charge in [-0.1, -0.05) is 0 Å². The highest BCUT2D eigenvalue weighted by molar-refractivity contribution is 7.22. The van der Waals surface area contributed by atoms with Crippen LogP contribution in [0.5, 0.6) is 5.75 Å². The van der Waals surface area contributed by atoms with Gasteiger partial charge in [0.05, 0.1) is 18.2 Å². The Labute approximate surface area is 132 Å². The maximum atomic E-state index is 12.1. The van der Waals surface area contributed by atoms with Crippen LogP contribution in [-0.2, 0) is 0 Å². The Bertz CT molecular complexity index is 775. The molecular weight excluding hydrogens is 301 g/mol. The zero-order valence-corrected chi connectivity index (χ0v) is 13.0. The summed E-state index contributed by atoms with van der Waals surface area (Å²) in [4.78, 5) is 9.78. The van der Waals surface area contributed by atoms with Crippen molar-refractivity contribution in [2.24, 2.45) is 0 Å². The van der Waals surface area contributed by atoms with Gasteiger partial charge >= 0.3 is 0 Å². The van der Waals surface area contributed by atoms with Crippen molar-refractivity contribution in [3.63, 3.8) is 0 Å². The predicted octanol–water partition coefficient (Wildman–Crippen LogP) is 4.14. The van der Waals surface area contributed by atoms with E-state index in [4.69, 9.17) is 4.74 Å². The molecule has 0 amide bonds. The molecule has 0 unspecified atom stereocenters. The lowest BCUT2D eigenvalue weighted by atomic mass is 10.2. The lowest BCUT2D eigenvalue weighted by Crippen LogP contribution is -1.97. The van der Waals surface area contributed by atoms with Crippen LogP contribution in [0, 0.1) is 0 Å². The Morgan fingerprint density at radius 3 is 3.00 bits per heavy atom. The Morgan fingerprint density at radius 2 is 2.18 bits per heavy atom. The maximum absolute atomic E-state index is 12.1. The molecule has 0 bridgehead atoms. The van der Waals surface area contributed by atoms with Crippen molar-refractivity contribution in [2.75, 3.05) is 25.6 Å². The second-order valence-corrected chi connectivity index (χ2v) is 5.80. The number of nitrogens with zero attached hydrogens (tertiary/aromatic N) is 2. The van der Waals surface area contributed by atoms with Crippen molar-refractivity contribution in [1.29, 1.82) is 0 Å². The first kappa shape index (κ1) is 14.7. The Kier molecular flexibility index (Phi) is 4.48. The lowest BCUT2D eigenvalue weighted by Gasteiger charge is -2.03. The zero-order chi connectivity index (χ0) is 15.4. The first-order valence-corrected chi connectivity index (χ1v) is 7.85. The Hall–Kier alpha value is -2.21. The van der Waals surface area contributed by atoms with Crippen LogP contribution >= 0.6 is 11.3 Å². The van der Waals surface area contributed by atoms with Crippen molar-refractivity contribution < 1.29 is 9.13 Å². The van der Waals surface area contributed by atoms with E-state index in [-0.39, 0.29) is 6.67 Å². The van der Waals surface area contributed by atoms with Crippen LogP contribution in [0.4, 0.5) is 10.2 Å². The smallest absolute Gasteiger partial charge is 0.171 e. The first-order valence-electron chi connectivity index (χ1n) is 7.03. The molecule has 1 N–H and O–H groups in total. The van der Waals surface area contributed by atoms with Crippen LogP contribution in [0.25, 0.3) is 20.8 Å². The van der Waals surface area contributed by atoms with Crippen molar-refractivity contribution >= 4 is 27.2 Å². The summed E-state index contributed by atoms with van der Waals surface area (Å²) < 4.78 is 18.7. The number of anilines is 1. The van der Waals surface area contributed by atoms with Gasteiger partial charge in [-0.2, -0.15) is 0 Å². The molecule has 3 aromatic rings. The Balaban J connectivity index is 1.88. The van der Waals surface area contributed by atoms with Gasteiger partial charge in [-0.05, 0) is 35.7 Å². The minimum Gasteiger partial charge on any atom is -0.493 e. The maximum Gasteiger partial charge on any atom is 0.171 e.